The van der Waals surface area contributed by atoms with Gasteiger partial charge in [0.05, 0.1) is 19.3 Å². The van der Waals surface area contributed by atoms with E-state index in [9.17, 15) is 4.79 Å². The lowest BCUT2D eigenvalue weighted by Gasteiger charge is -2.18. The lowest BCUT2D eigenvalue weighted by Crippen LogP contribution is -2.46. The number of carbonyl (C=O) groups is 1. The van der Waals surface area contributed by atoms with Crippen LogP contribution in [0, 0.1) is 0 Å². The highest BCUT2D eigenvalue weighted by atomic mass is 16.5. The van der Waals surface area contributed by atoms with Crippen molar-refractivity contribution in [1.29, 1.82) is 0 Å². The Morgan fingerprint density at radius 3 is 2.92 bits per heavy atom. The van der Waals surface area contributed by atoms with E-state index < -0.39 is 12.0 Å². The molecule has 0 aromatic rings. The largest absolute Gasteiger partial charge is 0.384 e. The summed E-state index contributed by atoms with van der Waals surface area (Å²) in [6.45, 7) is 2.35. The number of aliphatic hydroxyl groups excluding tert-OH is 1. The van der Waals surface area contributed by atoms with E-state index >= 15 is 0 Å². The molecule has 0 spiro atoms. The van der Waals surface area contributed by atoms with Crippen LogP contribution in [-0.4, -0.2) is 49.6 Å². The Balaban J connectivity index is 2.39. The molecule has 13 heavy (non-hydrogen) atoms. The predicted molar refractivity (Wildman–Crippen MR) is 45.2 cm³/mol. The first-order valence-electron chi connectivity index (χ1n) is 4.24. The molecule has 5 nitrogen and oxygen atoms in total. The second-order valence-corrected chi connectivity index (χ2v) is 3.10. The quantitative estimate of drug-likeness (QED) is 0.591. The van der Waals surface area contributed by atoms with Gasteiger partial charge in [0.1, 0.15) is 12.2 Å². The second-order valence-electron chi connectivity index (χ2n) is 3.10. The molecule has 1 amide bonds. The fourth-order valence-electron chi connectivity index (χ4n) is 1.20. The first-order valence-corrected chi connectivity index (χ1v) is 4.24. The highest BCUT2D eigenvalue weighted by molar-refractivity contribution is 5.80. The standard InChI is InChI=1S/C8H15NO4/c1-5(10)8(11)9-6-3-13-4-7(6)12-2/h5-7,10H,3-4H2,1-2H3,(H,9,11)/t5-,6-,7-/m0/s1. The molecule has 0 saturated carbocycles. The van der Waals surface area contributed by atoms with E-state index in [2.05, 4.69) is 5.32 Å². The number of rotatable bonds is 3. The maximum absolute atomic E-state index is 11.1. The summed E-state index contributed by atoms with van der Waals surface area (Å²) in [5, 5.41) is 11.6. The minimum absolute atomic E-state index is 0.109. The van der Waals surface area contributed by atoms with Gasteiger partial charge in [-0.15, -0.1) is 0 Å². The molecule has 76 valence electrons. The van der Waals surface area contributed by atoms with Gasteiger partial charge in [-0.3, -0.25) is 4.79 Å². The zero-order valence-electron chi connectivity index (χ0n) is 7.82. The molecule has 5 heteroatoms. The molecular formula is C8H15NO4. The Morgan fingerprint density at radius 1 is 1.69 bits per heavy atom. The lowest BCUT2D eigenvalue weighted by molar-refractivity contribution is -0.129. The number of amides is 1. The molecule has 1 aliphatic heterocycles. The van der Waals surface area contributed by atoms with Crippen molar-refractivity contribution in [3.8, 4) is 0 Å². The second kappa shape index (κ2) is 4.55. The van der Waals surface area contributed by atoms with E-state index in [1.165, 1.54) is 6.92 Å². The summed E-state index contributed by atoms with van der Waals surface area (Å²) < 4.78 is 10.2. The molecule has 2 N–H and O–H groups in total. The van der Waals surface area contributed by atoms with E-state index in [0.29, 0.717) is 13.2 Å². The molecule has 0 radical (unpaired) electrons. The molecule has 1 aliphatic rings. The molecule has 0 aromatic carbocycles. The Hall–Kier alpha value is -0.650. The number of aliphatic hydroxyl groups is 1. The van der Waals surface area contributed by atoms with E-state index in [1.807, 2.05) is 0 Å². The summed E-state index contributed by atoms with van der Waals surface area (Å²) in [7, 11) is 1.57. The zero-order chi connectivity index (χ0) is 9.84. The molecule has 0 aliphatic carbocycles. The number of ether oxygens (including phenoxy) is 2. The number of hydrogen-bond acceptors (Lipinski definition) is 4. The number of hydrogen-bond donors (Lipinski definition) is 2. The van der Waals surface area contributed by atoms with Crippen LogP contribution in [0.3, 0.4) is 0 Å². The lowest BCUT2D eigenvalue weighted by atomic mass is 10.2. The van der Waals surface area contributed by atoms with Crippen LogP contribution in [0.15, 0.2) is 0 Å². The van der Waals surface area contributed by atoms with Crippen molar-refractivity contribution in [2.45, 2.75) is 25.2 Å². The Kier molecular flexibility index (Phi) is 3.65. The summed E-state index contributed by atoms with van der Waals surface area (Å²) in [5.41, 5.74) is 0. The average Bonchev–Trinajstić information content (AvgIpc) is 2.51. The zero-order valence-corrected chi connectivity index (χ0v) is 7.82. The molecule has 1 fully saturated rings. The third kappa shape index (κ3) is 2.65. The van der Waals surface area contributed by atoms with Crippen LogP contribution in [0.1, 0.15) is 6.92 Å². The molecule has 1 rings (SSSR count). The molecule has 3 atom stereocenters. The van der Waals surface area contributed by atoms with Gasteiger partial charge in [0.15, 0.2) is 0 Å². The summed E-state index contributed by atoms with van der Waals surface area (Å²) in [5.74, 6) is -0.391. The summed E-state index contributed by atoms with van der Waals surface area (Å²) in [6.07, 6.45) is -1.10. The van der Waals surface area contributed by atoms with Crippen molar-refractivity contribution in [2.75, 3.05) is 20.3 Å². The fraction of sp³-hybridized carbons (Fsp3) is 0.875. The van der Waals surface area contributed by atoms with Crippen LogP contribution in [0.4, 0.5) is 0 Å². The van der Waals surface area contributed by atoms with Crippen molar-refractivity contribution in [1.82, 2.24) is 5.32 Å². The van der Waals surface area contributed by atoms with Gasteiger partial charge in [-0.05, 0) is 6.92 Å². The summed E-state index contributed by atoms with van der Waals surface area (Å²) in [4.78, 5) is 11.1. The molecule has 0 bridgehead atoms. The van der Waals surface area contributed by atoms with Crippen molar-refractivity contribution in [3.05, 3.63) is 0 Å². The molecule has 1 heterocycles. The molecule has 1 saturated heterocycles. The Labute approximate surface area is 77.0 Å². The van der Waals surface area contributed by atoms with Crippen LogP contribution in [0.25, 0.3) is 0 Å². The number of nitrogens with one attached hydrogen (secondary N) is 1. The SMILES string of the molecule is CO[C@H]1COC[C@@H]1NC(=O)[C@H](C)O. The molecule has 0 unspecified atom stereocenters. The monoisotopic (exact) mass is 189 g/mol. The summed E-state index contributed by atoms with van der Waals surface area (Å²) >= 11 is 0. The van der Waals surface area contributed by atoms with Crippen molar-refractivity contribution in [2.24, 2.45) is 0 Å². The molecular weight excluding hydrogens is 174 g/mol. The van der Waals surface area contributed by atoms with Gasteiger partial charge in [-0.1, -0.05) is 0 Å². The van der Waals surface area contributed by atoms with Crippen molar-refractivity contribution in [3.63, 3.8) is 0 Å². The van der Waals surface area contributed by atoms with Crippen LogP contribution >= 0.6 is 0 Å². The van der Waals surface area contributed by atoms with Crippen LogP contribution in [0.5, 0.6) is 0 Å². The molecule has 0 aromatic heterocycles. The Morgan fingerprint density at radius 2 is 2.38 bits per heavy atom. The highest BCUT2D eigenvalue weighted by Crippen LogP contribution is 2.08. The number of carbonyl (C=O) groups excluding carboxylic acids is 1. The van der Waals surface area contributed by atoms with Crippen molar-refractivity contribution >= 4 is 5.91 Å². The van der Waals surface area contributed by atoms with Crippen LogP contribution < -0.4 is 5.32 Å². The Bertz CT molecular complexity index is 183. The first kappa shape index (κ1) is 10.4. The first-order chi connectivity index (χ1) is 6.15. The smallest absolute Gasteiger partial charge is 0.248 e. The summed E-state index contributed by atoms with van der Waals surface area (Å²) in [6, 6.07) is -0.146. The van der Waals surface area contributed by atoms with Crippen LogP contribution in [-0.2, 0) is 14.3 Å². The highest BCUT2D eigenvalue weighted by Gasteiger charge is 2.30. The van der Waals surface area contributed by atoms with Gasteiger partial charge in [-0.2, -0.15) is 0 Å². The van der Waals surface area contributed by atoms with E-state index in [0.717, 1.165) is 0 Å². The fourth-order valence-corrected chi connectivity index (χ4v) is 1.20. The maximum Gasteiger partial charge on any atom is 0.248 e. The predicted octanol–water partition coefficient (Wildman–Crippen LogP) is -1.10. The normalized spacial score (nSPS) is 30.1. The minimum Gasteiger partial charge on any atom is -0.384 e. The van der Waals surface area contributed by atoms with Crippen LogP contribution in [0.2, 0.25) is 0 Å². The van der Waals surface area contributed by atoms with Gasteiger partial charge < -0.3 is 19.9 Å². The maximum atomic E-state index is 11.1. The van der Waals surface area contributed by atoms with E-state index in [1.54, 1.807) is 7.11 Å². The van der Waals surface area contributed by atoms with Gasteiger partial charge in [0, 0.05) is 7.11 Å². The minimum atomic E-state index is -0.988. The third-order valence-corrected chi connectivity index (χ3v) is 2.04. The average molecular weight is 189 g/mol. The number of methoxy groups -OCH3 is 1. The van der Waals surface area contributed by atoms with Gasteiger partial charge in [-0.25, -0.2) is 0 Å². The van der Waals surface area contributed by atoms with Crippen molar-refractivity contribution < 1.29 is 19.4 Å². The van der Waals surface area contributed by atoms with E-state index in [4.69, 9.17) is 14.6 Å². The van der Waals surface area contributed by atoms with Gasteiger partial charge in [0.2, 0.25) is 5.91 Å². The third-order valence-electron chi connectivity index (χ3n) is 2.04. The van der Waals surface area contributed by atoms with E-state index in [-0.39, 0.29) is 12.1 Å². The topological polar surface area (TPSA) is 67.8 Å². The van der Waals surface area contributed by atoms with Gasteiger partial charge in [0.25, 0.3) is 0 Å². The van der Waals surface area contributed by atoms with Gasteiger partial charge >= 0.3 is 0 Å².